The average Bonchev–Trinajstić information content (AvgIpc) is 2.87. The molecule has 0 radical (unpaired) electrons. The number of nitrogens with two attached hydrogens (primary N) is 1. The third-order valence-electron chi connectivity index (χ3n) is 4.03. The zero-order valence-electron chi connectivity index (χ0n) is 11.5. The molecule has 0 amide bonds. The highest BCUT2D eigenvalue weighted by atomic mass is 16.5. The second-order valence-electron chi connectivity index (χ2n) is 5.39. The van der Waals surface area contributed by atoms with Gasteiger partial charge in [-0.3, -0.25) is 4.90 Å². The maximum Gasteiger partial charge on any atom is 0.122 e. The fourth-order valence-electron chi connectivity index (χ4n) is 3.04. The van der Waals surface area contributed by atoms with Crippen LogP contribution in [0.3, 0.4) is 0 Å². The normalized spacial score (nSPS) is 24.8. The van der Waals surface area contributed by atoms with E-state index in [4.69, 9.17) is 15.2 Å². The summed E-state index contributed by atoms with van der Waals surface area (Å²) in [6, 6.07) is 6.80. The molecule has 0 aliphatic carbocycles. The van der Waals surface area contributed by atoms with Gasteiger partial charge in [0.05, 0.1) is 19.3 Å². The van der Waals surface area contributed by atoms with E-state index in [-0.39, 0.29) is 6.04 Å². The quantitative estimate of drug-likeness (QED) is 0.893. The minimum absolute atomic E-state index is 0.289. The first-order valence-corrected chi connectivity index (χ1v) is 7.09. The molecule has 0 saturated carbocycles. The summed E-state index contributed by atoms with van der Waals surface area (Å²) in [6.07, 6.45) is 1.31. The minimum atomic E-state index is 0.289. The molecule has 1 aromatic rings. The van der Waals surface area contributed by atoms with Crippen molar-refractivity contribution in [3.05, 3.63) is 29.3 Å². The Hall–Kier alpha value is -1.10. The molecule has 0 spiro atoms. The van der Waals surface area contributed by atoms with Crippen LogP contribution in [0.1, 0.15) is 24.1 Å². The van der Waals surface area contributed by atoms with E-state index >= 15 is 0 Å². The van der Waals surface area contributed by atoms with Crippen molar-refractivity contribution < 1.29 is 9.47 Å². The van der Waals surface area contributed by atoms with Crippen LogP contribution in [-0.4, -0.2) is 43.9 Å². The van der Waals surface area contributed by atoms with Crippen molar-refractivity contribution in [2.75, 3.05) is 32.8 Å². The largest absolute Gasteiger partial charge is 0.493 e. The van der Waals surface area contributed by atoms with Crippen LogP contribution in [0.25, 0.3) is 0 Å². The Labute approximate surface area is 114 Å². The van der Waals surface area contributed by atoms with Crippen LogP contribution in [0.5, 0.6) is 5.75 Å². The first kappa shape index (κ1) is 12.9. The van der Waals surface area contributed by atoms with Gasteiger partial charge in [0.1, 0.15) is 5.75 Å². The number of hydrogen-bond acceptors (Lipinski definition) is 4. The van der Waals surface area contributed by atoms with Crippen molar-refractivity contribution in [3.8, 4) is 5.75 Å². The smallest absolute Gasteiger partial charge is 0.122 e. The van der Waals surface area contributed by atoms with Gasteiger partial charge in [-0.05, 0) is 24.1 Å². The molecular formula is C15H22N2O2. The van der Waals surface area contributed by atoms with E-state index < -0.39 is 0 Å². The summed E-state index contributed by atoms with van der Waals surface area (Å²) in [5.74, 6) is 1.04. The Bertz CT molecular complexity index is 450. The van der Waals surface area contributed by atoms with Crippen molar-refractivity contribution in [2.24, 2.45) is 5.73 Å². The Kier molecular flexibility index (Phi) is 3.73. The van der Waals surface area contributed by atoms with Gasteiger partial charge in [0.2, 0.25) is 0 Å². The molecule has 1 fully saturated rings. The zero-order chi connectivity index (χ0) is 13.2. The predicted molar refractivity (Wildman–Crippen MR) is 74.4 cm³/mol. The van der Waals surface area contributed by atoms with Crippen molar-refractivity contribution >= 4 is 0 Å². The van der Waals surface area contributed by atoms with Crippen molar-refractivity contribution in [1.29, 1.82) is 0 Å². The first-order chi connectivity index (χ1) is 9.28. The molecule has 3 rings (SSSR count). The van der Waals surface area contributed by atoms with Crippen LogP contribution in [0, 0.1) is 0 Å². The van der Waals surface area contributed by atoms with Gasteiger partial charge in [0.15, 0.2) is 0 Å². The van der Waals surface area contributed by atoms with E-state index in [9.17, 15) is 0 Å². The van der Waals surface area contributed by atoms with E-state index in [0.717, 1.165) is 38.5 Å². The number of nitrogens with zero attached hydrogens (tertiary/aromatic N) is 1. The molecule has 104 valence electrons. The Morgan fingerprint density at radius 2 is 2.32 bits per heavy atom. The first-order valence-electron chi connectivity index (χ1n) is 7.09. The van der Waals surface area contributed by atoms with Crippen molar-refractivity contribution in [3.63, 3.8) is 0 Å². The molecule has 2 heterocycles. The van der Waals surface area contributed by atoms with Gasteiger partial charge in [-0.2, -0.15) is 0 Å². The summed E-state index contributed by atoms with van der Waals surface area (Å²) in [5, 5.41) is 0. The van der Waals surface area contributed by atoms with Crippen LogP contribution < -0.4 is 10.5 Å². The summed E-state index contributed by atoms with van der Waals surface area (Å²) in [5.41, 5.74) is 8.64. The maximum absolute atomic E-state index is 6.01. The molecule has 4 nitrogen and oxygen atoms in total. The standard InChI is InChI=1S/C15H22N2O2/c1-11-10-17(5-7-18-11)14(9-16)12-2-3-15-13(8-12)4-6-19-15/h2-3,8,11,14H,4-7,9-10,16H2,1H3. The molecule has 1 aromatic carbocycles. The molecule has 2 aliphatic rings. The fourth-order valence-corrected chi connectivity index (χ4v) is 3.04. The Balaban J connectivity index is 1.81. The molecule has 1 saturated heterocycles. The third kappa shape index (κ3) is 2.61. The van der Waals surface area contributed by atoms with Crippen molar-refractivity contribution in [2.45, 2.75) is 25.5 Å². The third-order valence-corrected chi connectivity index (χ3v) is 4.03. The molecular weight excluding hydrogens is 240 g/mol. The molecule has 0 aromatic heterocycles. The van der Waals surface area contributed by atoms with Crippen LogP contribution in [-0.2, 0) is 11.2 Å². The molecule has 4 heteroatoms. The van der Waals surface area contributed by atoms with Gasteiger partial charge >= 0.3 is 0 Å². The monoisotopic (exact) mass is 262 g/mol. The average molecular weight is 262 g/mol. The van der Waals surface area contributed by atoms with Gasteiger partial charge in [0, 0.05) is 32.1 Å². The SMILES string of the molecule is CC1CN(C(CN)c2ccc3c(c2)CCO3)CCO1. The summed E-state index contributed by atoms with van der Waals surface area (Å²) >= 11 is 0. The topological polar surface area (TPSA) is 47.7 Å². The van der Waals surface area contributed by atoms with Gasteiger partial charge < -0.3 is 15.2 Å². The summed E-state index contributed by atoms with van der Waals surface area (Å²) < 4.78 is 11.2. The molecule has 19 heavy (non-hydrogen) atoms. The lowest BCUT2D eigenvalue weighted by molar-refractivity contribution is -0.0333. The van der Waals surface area contributed by atoms with Crippen molar-refractivity contribution in [1.82, 2.24) is 4.90 Å². The summed E-state index contributed by atoms with van der Waals surface area (Å²) in [4.78, 5) is 2.44. The van der Waals surface area contributed by atoms with E-state index in [1.54, 1.807) is 0 Å². The van der Waals surface area contributed by atoms with Gasteiger partial charge in [-0.15, -0.1) is 0 Å². The van der Waals surface area contributed by atoms with Crippen LogP contribution in [0.4, 0.5) is 0 Å². The zero-order valence-corrected chi connectivity index (χ0v) is 11.5. The van der Waals surface area contributed by atoms with Gasteiger partial charge in [0.25, 0.3) is 0 Å². The molecule has 0 bridgehead atoms. The highest BCUT2D eigenvalue weighted by Crippen LogP contribution is 2.30. The van der Waals surface area contributed by atoms with Gasteiger partial charge in [-0.1, -0.05) is 12.1 Å². The number of ether oxygens (including phenoxy) is 2. The van der Waals surface area contributed by atoms with Crippen LogP contribution >= 0.6 is 0 Å². The van der Waals surface area contributed by atoms with Gasteiger partial charge in [-0.25, -0.2) is 0 Å². The lowest BCUT2D eigenvalue weighted by atomic mass is 10.0. The maximum atomic E-state index is 6.01. The van der Waals surface area contributed by atoms with Crippen LogP contribution in [0.2, 0.25) is 0 Å². The highest BCUT2D eigenvalue weighted by molar-refractivity contribution is 5.41. The number of benzene rings is 1. The fraction of sp³-hybridized carbons (Fsp3) is 0.600. The lowest BCUT2D eigenvalue weighted by Crippen LogP contribution is -2.45. The predicted octanol–water partition coefficient (Wildman–Crippen LogP) is 1.34. The van der Waals surface area contributed by atoms with E-state index in [0.29, 0.717) is 12.6 Å². The number of hydrogen-bond donors (Lipinski definition) is 1. The summed E-state index contributed by atoms with van der Waals surface area (Å²) in [7, 11) is 0. The second kappa shape index (κ2) is 5.49. The summed E-state index contributed by atoms with van der Waals surface area (Å²) in [6.45, 7) is 6.28. The van der Waals surface area contributed by atoms with Crippen LogP contribution in [0.15, 0.2) is 18.2 Å². The van der Waals surface area contributed by atoms with E-state index in [2.05, 4.69) is 30.0 Å². The Morgan fingerprint density at radius 3 is 3.11 bits per heavy atom. The van der Waals surface area contributed by atoms with E-state index in [1.165, 1.54) is 11.1 Å². The number of rotatable bonds is 3. The van der Waals surface area contributed by atoms with E-state index in [1.807, 2.05) is 0 Å². The highest BCUT2D eigenvalue weighted by Gasteiger charge is 2.25. The Morgan fingerprint density at radius 1 is 1.42 bits per heavy atom. The molecule has 2 unspecified atom stereocenters. The number of morpholine rings is 1. The number of fused-ring (bicyclic) bond motifs is 1. The second-order valence-corrected chi connectivity index (χ2v) is 5.39. The molecule has 2 atom stereocenters. The molecule has 2 aliphatic heterocycles. The lowest BCUT2D eigenvalue weighted by Gasteiger charge is -2.37. The molecule has 2 N–H and O–H groups in total. The minimum Gasteiger partial charge on any atom is -0.493 e.